The van der Waals surface area contributed by atoms with Gasteiger partial charge in [0.25, 0.3) is 17.2 Å². The van der Waals surface area contributed by atoms with Crippen molar-refractivity contribution in [2.45, 2.75) is 114 Å². The summed E-state index contributed by atoms with van der Waals surface area (Å²) in [6.07, 6.45) is 15.2. The third-order valence-corrected chi connectivity index (χ3v) is 12.0. The molecule has 15 heteroatoms. The number of para-hydroxylation sites is 1. The molecule has 0 spiro atoms. The number of hydrogen-bond donors (Lipinski definition) is 3. The van der Waals surface area contributed by atoms with Crippen LogP contribution in [0.2, 0.25) is 20.1 Å². The van der Waals surface area contributed by atoms with E-state index >= 15 is 0 Å². The minimum Gasteiger partial charge on any atom is -0.326 e. The molecular weight excluding hydrogens is 808 g/mol. The van der Waals surface area contributed by atoms with Gasteiger partial charge in [0.05, 0.1) is 26.4 Å². The van der Waals surface area contributed by atoms with Gasteiger partial charge in [-0.3, -0.25) is 23.9 Å². The molecule has 54 heavy (non-hydrogen) atoms. The van der Waals surface area contributed by atoms with Gasteiger partial charge in [0, 0.05) is 28.6 Å². The minimum absolute atomic E-state index is 0.0989. The molecule has 2 amide bonds. The second-order valence-corrected chi connectivity index (χ2v) is 16.9. The van der Waals surface area contributed by atoms with Crippen LogP contribution in [-0.2, 0) is 20.9 Å². The Hall–Kier alpha value is -2.51. The van der Waals surface area contributed by atoms with Crippen molar-refractivity contribution in [1.29, 1.82) is 0 Å². The zero-order valence-corrected chi connectivity index (χ0v) is 35.4. The van der Waals surface area contributed by atoms with Gasteiger partial charge in [-0.2, -0.15) is 0 Å². The molecule has 1 saturated heterocycles. The van der Waals surface area contributed by atoms with Gasteiger partial charge in [-0.25, -0.2) is 14.2 Å². The van der Waals surface area contributed by atoms with Crippen LogP contribution in [0.3, 0.4) is 0 Å². The molecule has 0 aliphatic carbocycles. The Labute approximate surface area is 346 Å². The molecular formula is C39H49Cl4N5O4S2. The Kier molecular flexibility index (Phi) is 18.7. The first kappa shape index (κ1) is 44.2. The molecule has 0 saturated carbocycles. The summed E-state index contributed by atoms with van der Waals surface area (Å²) in [5.74, 6) is -0.339. The van der Waals surface area contributed by atoms with Crippen molar-refractivity contribution in [3.05, 3.63) is 74.7 Å². The van der Waals surface area contributed by atoms with Crippen LogP contribution >= 0.6 is 58.2 Å². The van der Waals surface area contributed by atoms with E-state index in [0.29, 0.717) is 51.4 Å². The molecule has 3 aromatic carbocycles. The third-order valence-electron chi connectivity index (χ3n) is 8.88. The van der Waals surface area contributed by atoms with Gasteiger partial charge >= 0.3 is 0 Å². The summed E-state index contributed by atoms with van der Waals surface area (Å²) in [6, 6.07) is 15.0. The summed E-state index contributed by atoms with van der Waals surface area (Å²) < 4.78 is 24.0. The highest BCUT2D eigenvalue weighted by molar-refractivity contribution is 8.01. The number of nitrogens with zero attached hydrogens (tertiary/aromatic N) is 3. The summed E-state index contributed by atoms with van der Waals surface area (Å²) in [7, 11) is 0. The number of nitrogens with one attached hydrogen (secondary N) is 2. The highest BCUT2D eigenvalue weighted by atomic mass is 35.5. The quantitative estimate of drug-likeness (QED) is 0.0685. The van der Waals surface area contributed by atoms with Crippen LogP contribution < -0.4 is 20.1 Å². The molecule has 9 nitrogen and oxygen atoms in total. The van der Waals surface area contributed by atoms with E-state index in [1.807, 2.05) is 6.92 Å². The molecule has 0 radical (unpaired) electrons. The molecule has 1 fully saturated rings. The van der Waals surface area contributed by atoms with Gasteiger partial charge < -0.3 is 5.32 Å². The van der Waals surface area contributed by atoms with E-state index in [0.717, 1.165) is 37.4 Å². The average molecular weight is 858 g/mol. The average Bonchev–Trinajstić information content (AvgIpc) is 3.42. The number of thioether (sulfide) groups is 1. The molecule has 0 bridgehead atoms. The van der Waals surface area contributed by atoms with E-state index in [-0.39, 0.29) is 27.5 Å². The van der Waals surface area contributed by atoms with E-state index in [4.69, 9.17) is 51.4 Å². The number of unbranched alkanes of at least 4 members (excludes halogenated alkanes) is 11. The smallest absolute Gasteiger partial charge is 0.267 e. The summed E-state index contributed by atoms with van der Waals surface area (Å²) in [5, 5.41) is 4.06. The van der Waals surface area contributed by atoms with Crippen molar-refractivity contribution in [2.24, 2.45) is 4.99 Å². The Morgan fingerprint density at radius 1 is 0.870 bits per heavy atom. The van der Waals surface area contributed by atoms with E-state index in [9.17, 15) is 18.4 Å². The number of carbonyl (C=O) groups excluding carboxylic acids is 2. The fourth-order valence-electron chi connectivity index (χ4n) is 6.02. The molecule has 4 rings (SSSR count). The largest absolute Gasteiger partial charge is 0.326 e. The number of rotatable bonds is 22. The molecule has 294 valence electrons. The number of carbonyl (C=O) groups is 2. The third kappa shape index (κ3) is 13.0. The second kappa shape index (κ2) is 22.9. The summed E-state index contributed by atoms with van der Waals surface area (Å²) in [4.78, 5) is 32.5. The monoisotopic (exact) mass is 855 g/mol. The number of amidine groups is 1. The van der Waals surface area contributed by atoms with Crippen LogP contribution in [0.1, 0.15) is 104 Å². The van der Waals surface area contributed by atoms with Crippen molar-refractivity contribution in [3.63, 3.8) is 0 Å². The maximum absolute atomic E-state index is 14.2. The number of benzene rings is 3. The lowest BCUT2D eigenvalue weighted by Crippen LogP contribution is -2.36. The molecule has 1 heterocycles. The van der Waals surface area contributed by atoms with Crippen LogP contribution in [0.4, 0.5) is 22.7 Å². The molecule has 0 aromatic heterocycles. The Bertz CT molecular complexity index is 1760. The van der Waals surface area contributed by atoms with Gasteiger partial charge in [0.2, 0.25) is 5.91 Å². The minimum atomic E-state index is -2.30. The molecule has 3 aromatic rings. The highest BCUT2D eigenvalue weighted by Gasteiger charge is 2.41. The molecule has 2 unspecified atom stereocenters. The van der Waals surface area contributed by atoms with Gasteiger partial charge in [-0.1, -0.05) is 143 Å². The zero-order chi connectivity index (χ0) is 39.0. The fourth-order valence-corrected chi connectivity index (χ4v) is 8.97. The Balaban J connectivity index is 1.52. The summed E-state index contributed by atoms with van der Waals surface area (Å²) in [6.45, 7) is 4.57. The normalized spacial score (nSPS) is 15.5. The number of halogens is 4. The van der Waals surface area contributed by atoms with Crippen molar-refractivity contribution in [2.75, 3.05) is 21.2 Å². The lowest BCUT2D eigenvalue weighted by Gasteiger charge is -2.23. The van der Waals surface area contributed by atoms with E-state index in [1.54, 1.807) is 42.5 Å². The first-order valence-electron chi connectivity index (χ1n) is 18.6. The van der Waals surface area contributed by atoms with Crippen molar-refractivity contribution >= 4 is 110 Å². The fraction of sp³-hybridized carbons (Fsp3) is 0.462. The van der Waals surface area contributed by atoms with Crippen LogP contribution in [0.5, 0.6) is 0 Å². The lowest BCUT2D eigenvalue weighted by molar-refractivity contribution is -0.117. The Morgan fingerprint density at radius 2 is 1.48 bits per heavy atom. The predicted octanol–water partition coefficient (Wildman–Crippen LogP) is 12.4. The standard InChI is InChI=1S/C39H49Cl4N5O4S2/c1-3-5-7-8-9-10-11-12-13-14-15-20-35(49)44-28-21-22-29(41)32(26-28)45-38-37(39(50)48(46-38)36-30(42)24-27(40)25-31(36)43)53-34-19-17-16-18-33(34)47(54(51)52)23-6-4-2/h16-19,21-22,24-26,37H,3-15,20,23H2,1-2H3,(H,44,49)(H,45,46)(H,51,52). The van der Waals surface area contributed by atoms with Crippen LogP contribution in [0.25, 0.3) is 0 Å². The number of hydrazine groups is 1. The molecule has 1 aliphatic rings. The van der Waals surface area contributed by atoms with Crippen molar-refractivity contribution in [3.8, 4) is 0 Å². The number of anilines is 3. The number of amides is 2. The van der Waals surface area contributed by atoms with E-state index in [1.165, 1.54) is 72.8 Å². The SMILES string of the molecule is CCCCCCCCCCCCCC(=O)Nc1ccc(Cl)c(N=C2NN(c3c(Cl)cc(Cl)cc3Cl)C(=O)C2Sc2ccccc2N(CCCC)S(=O)O)c1. The maximum Gasteiger partial charge on any atom is 0.267 e. The van der Waals surface area contributed by atoms with Crippen molar-refractivity contribution in [1.82, 2.24) is 5.43 Å². The number of hydrogen-bond acceptors (Lipinski definition) is 5. The van der Waals surface area contributed by atoms with Crippen LogP contribution in [0, 0.1) is 0 Å². The van der Waals surface area contributed by atoms with E-state index in [2.05, 4.69) is 17.7 Å². The predicted molar refractivity (Wildman–Crippen MR) is 229 cm³/mol. The van der Waals surface area contributed by atoms with Gasteiger partial charge in [-0.05, 0) is 55.3 Å². The van der Waals surface area contributed by atoms with Gasteiger partial charge in [0.1, 0.15) is 16.8 Å². The summed E-state index contributed by atoms with van der Waals surface area (Å²) in [5.41, 5.74) is 4.58. The highest BCUT2D eigenvalue weighted by Crippen LogP contribution is 2.42. The van der Waals surface area contributed by atoms with Crippen LogP contribution in [0.15, 0.2) is 64.5 Å². The zero-order valence-electron chi connectivity index (χ0n) is 30.7. The molecule has 3 N–H and O–H groups in total. The van der Waals surface area contributed by atoms with Crippen LogP contribution in [-0.4, -0.2) is 38.2 Å². The van der Waals surface area contributed by atoms with Gasteiger partial charge in [-0.15, -0.1) is 11.8 Å². The second-order valence-electron chi connectivity index (χ2n) is 13.2. The molecule has 1 aliphatic heterocycles. The topological polar surface area (TPSA) is 114 Å². The maximum atomic E-state index is 14.2. The Morgan fingerprint density at radius 3 is 2.11 bits per heavy atom. The molecule has 2 atom stereocenters. The van der Waals surface area contributed by atoms with Gasteiger partial charge in [0.15, 0.2) is 0 Å². The lowest BCUT2D eigenvalue weighted by atomic mass is 10.1. The van der Waals surface area contributed by atoms with E-state index < -0.39 is 22.4 Å². The first-order chi connectivity index (χ1) is 26.0. The number of aliphatic imine (C=N–C) groups is 1. The van der Waals surface area contributed by atoms with Crippen molar-refractivity contribution < 1.29 is 18.4 Å². The first-order valence-corrected chi connectivity index (χ1v) is 22.1. The summed E-state index contributed by atoms with van der Waals surface area (Å²) >= 11 is 24.8.